The average molecular weight is 159 g/mol. The largest absolute Gasteiger partial charge is 0.461 e. The third-order valence-electron chi connectivity index (χ3n) is 1.07. The molecule has 0 saturated carbocycles. The van der Waals surface area contributed by atoms with Gasteiger partial charge in [-0.15, -0.1) is 0 Å². The lowest BCUT2D eigenvalue weighted by atomic mass is 10.5. The summed E-state index contributed by atoms with van der Waals surface area (Å²) in [4.78, 5) is 10.9. The van der Waals surface area contributed by atoms with Crippen molar-refractivity contribution in [3.8, 4) is 0 Å². The van der Waals surface area contributed by atoms with Crippen molar-refractivity contribution in [1.82, 2.24) is 5.32 Å². The summed E-state index contributed by atoms with van der Waals surface area (Å²) in [7, 11) is 1.49. The van der Waals surface area contributed by atoms with E-state index in [0.717, 1.165) is 0 Å². The summed E-state index contributed by atoms with van der Waals surface area (Å²) in [5.74, 6) is -0.147. The number of hydrogen-bond acceptors (Lipinski definition) is 4. The van der Waals surface area contributed by atoms with Crippen molar-refractivity contribution >= 4 is 5.91 Å². The van der Waals surface area contributed by atoms with Crippen LogP contribution in [0.3, 0.4) is 0 Å². The summed E-state index contributed by atoms with van der Waals surface area (Å²) >= 11 is 0. The molecule has 1 N–H and O–H groups in total. The lowest BCUT2D eigenvalue weighted by molar-refractivity contribution is -0.122. The molecule has 11 heavy (non-hydrogen) atoms. The Morgan fingerprint density at radius 1 is 1.91 bits per heavy atom. The predicted molar refractivity (Wildman–Crippen MR) is 35.1 cm³/mol. The molecule has 0 aromatic rings. The van der Waals surface area contributed by atoms with Crippen molar-refractivity contribution in [1.29, 1.82) is 0 Å². The molecule has 0 aliphatic carbocycles. The van der Waals surface area contributed by atoms with Crippen LogP contribution in [-0.4, -0.2) is 26.5 Å². The SMILES string of the molecule is COCNC(=O)C1=COCO1. The Hall–Kier alpha value is -1.23. The van der Waals surface area contributed by atoms with Crippen LogP contribution in [0.25, 0.3) is 0 Å². The summed E-state index contributed by atoms with van der Waals surface area (Å²) in [6.45, 7) is 0.273. The van der Waals surface area contributed by atoms with Crippen LogP contribution < -0.4 is 5.32 Å². The van der Waals surface area contributed by atoms with E-state index in [0.29, 0.717) is 0 Å². The maximum absolute atomic E-state index is 10.9. The number of amides is 1. The maximum atomic E-state index is 10.9. The minimum absolute atomic E-state index is 0.107. The van der Waals surface area contributed by atoms with Gasteiger partial charge in [0, 0.05) is 7.11 Å². The molecule has 0 spiro atoms. The quantitative estimate of drug-likeness (QED) is 0.567. The Morgan fingerprint density at radius 3 is 3.27 bits per heavy atom. The molecule has 5 nitrogen and oxygen atoms in total. The maximum Gasteiger partial charge on any atom is 0.291 e. The lowest BCUT2D eigenvalue weighted by Gasteiger charge is -2.01. The summed E-state index contributed by atoms with van der Waals surface area (Å²) in [5.41, 5.74) is 0. The molecule has 0 atom stereocenters. The van der Waals surface area contributed by atoms with Gasteiger partial charge in [-0.2, -0.15) is 0 Å². The molecule has 0 saturated heterocycles. The molecule has 1 amide bonds. The van der Waals surface area contributed by atoms with E-state index in [4.69, 9.17) is 4.74 Å². The zero-order valence-corrected chi connectivity index (χ0v) is 6.12. The van der Waals surface area contributed by atoms with Crippen molar-refractivity contribution in [2.45, 2.75) is 0 Å². The molecular weight excluding hydrogens is 150 g/mol. The number of nitrogens with one attached hydrogen (secondary N) is 1. The summed E-state index contributed by atoms with van der Waals surface area (Å²) in [5, 5.41) is 2.44. The second kappa shape index (κ2) is 3.82. The molecule has 1 rings (SSSR count). The highest BCUT2D eigenvalue weighted by atomic mass is 16.7. The first-order chi connectivity index (χ1) is 5.34. The fraction of sp³-hybridized carbons (Fsp3) is 0.500. The van der Waals surface area contributed by atoms with E-state index in [1.807, 2.05) is 0 Å². The van der Waals surface area contributed by atoms with Crippen LogP contribution in [0, 0.1) is 0 Å². The van der Waals surface area contributed by atoms with Crippen LogP contribution in [0.4, 0.5) is 0 Å². The molecule has 5 heteroatoms. The first kappa shape index (κ1) is 7.87. The molecule has 0 aromatic heterocycles. The van der Waals surface area contributed by atoms with Gasteiger partial charge in [-0.05, 0) is 0 Å². The van der Waals surface area contributed by atoms with Gasteiger partial charge in [0.1, 0.15) is 13.0 Å². The zero-order chi connectivity index (χ0) is 8.10. The van der Waals surface area contributed by atoms with Crippen LogP contribution >= 0.6 is 0 Å². The topological polar surface area (TPSA) is 56.8 Å². The van der Waals surface area contributed by atoms with Crippen molar-refractivity contribution in [3.05, 3.63) is 12.0 Å². The Labute approximate surface area is 63.9 Å². The fourth-order valence-electron chi connectivity index (χ4n) is 0.585. The molecule has 1 aliphatic heterocycles. The van der Waals surface area contributed by atoms with Crippen molar-refractivity contribution in [2.24, 2.45) is 0 Å². The average Bonchev–Trinajstić information content (AvgIpc) is 2.52. The van der Waals surface area contributed by atoms with Crippen molar-refractivity contribution in [2.75, 3.05) is 20.6 Å². The monoisotopic (exact) mass is 159 g/mol. The Morgan fingerprint density at radius 2 is 2.73 bits per heavy atom. The molecule has 0 radical (unpaired) electrons. The molecule has 0 fully saturated rings. The van der Waals surface area contributed by atoms with E-state index >= 15 is 0 Å². The van der Waals surface area contributed by atoms with Crippen LogP contribution in [0.15, 0.2) is 12.0 Å². The van der Waals surface area contributed by atoms with Gasteiger partial charge in [0.2, 0.25) is 12.6 Å². The smallest absolute Gasteiger partial charge is 0.291 e. The summed E-state index contributed by atoms with van der Waals surface area (Å²) in [6.07, 6.45) is 1.27. The second-order valence-electron chi connectivity index (χ2n) is 1.85. The number of methoxy groups -OCH3 is 1. The number of hydrogen-bond donors (Lipinski definition) is 1. The van der Waals surface area contributed by atoms with Gasteiger partial charge in [0.15, 0.2) is 0 Å². The van der Waals surface area contributed by atoms with Gasteiger partial charge in [-0.3, -0.25) is 4.79 Å². The Balaban J connectivity index is 2.29. The summed E-state index contributed by atoms with van der Waals surface area (Å²) in [6, 6.07) is 0. The number of rotatable bonds is 3. The van der Waals surface area contributed by atoms with Crippen LogP contribution in [0.5, 0.6) is 0 Å². The van der Waals surface area contributed by atoms with Crippen LogP contribution in [0.2, 0.25) is 0 Å². The Bertz CT molecular complexity index is 177. The third-order valence-corrected chi connectivity index (χ3v) is 1.07. The highest BCUT2D eigenvalue weighted by Crippen LogP contribution is 2.05. The number of carbonyl (C=O) groups excluding carboxylic acids is 1. The molecule has 0 unspecified atom stereocenters. The summed E-state index contributed by atoms with van der Waals surface area (Å²) < 4.78 is 14.1. The van der Waals surface area contributed by atoms with Crippen LogP contribution in [0.1, 0.15) is 0 Å². The van der Waals surface area contributed by atoms with Crippen LogP contribution in [-0.2, 0) is 19.0 Å². The van der Waals surface area contributed by atoms with Gasteiger partial charge >= 0.3 is 0 Å². The van der Waals surface area contributed by atoms with E-state index in [1.54, 1.807) is 0 Å². The highest BCUT2D eigenvalue weighted by Gasteiger charge is 2.14. The third kappa shape index (κ3) is 2.12. The molecule has 62 valence electrons. The standard InChI is InChI=1S/C6H9NO4/c1-9-3-7-6(8)5-2-10-4-11-5/h2H,3-4H2,1H3,(H,7,8). The van der Waals surface area contributed by atoms with E-state index in [-0.39, 0.29) is 25.2 Å². The molecule has 1 aliphatic rings. The van der Waals surface area contributed by atoms with Crippen molar-refractivity contribution in [3.63, 3.8) is 0 Å². The van der Waals surface area contributed by atoms with E-state index in [9.17, 15) is 4.79 Å². The van der Waals surface area contributed by atoms with Crippen molar-refractivity contribution < 1.29 is 19.0 Å². The van der Waals surface area contributed by atoms with Gasteiger partial charge < -0.3 is 19.5 Å². The van der Waals surface area contributed by atoms with Gasteiger partial charge in [-0.25, -0.2) is 0 Å². The fourth-order valence-corrected chi connectivity index (χ4v) is 0.585. The Kier molecular flexibility index (Phi) is 2.74. The molecule has 0 aromatic carbocycles. The van der Waals surface area contributed by atoms with Gasteiger partial charge in [-0.1, -0.05) is 0 Å². The first-order valence-electron chi connectivity index (χ1n) is 3.06. The first-order valence-corrected chi connectivity index (χ1v) is 3.06. The highest BCUT2D eigenvalue weighted by molar-refractivity contribution is 5.91. The number of ether oxygens (including phenoxy) is 3. The van der Waals surface area contributed by atoms with E-state index in [2.05, 4.69) is 14.8 Å². The molecular formula is C6H9NO4. The van der Waals surface area contributed by atoms with E-state index < -0.39 is 0 Å². The number of carbonyl (C=O) groups is 1. The van der Waals surface area contributed by atoms with Gasteiger partial charge in [0.05, 0.1) is 0 Å². The zero-order valence-electron chi connectivity index (χ0n) is 6.12. The second-order valence-corrected chi connectivity index (χ2v) is 1.85. The predicted octanol–water partition coefficient (Wildman–Crippen LogP) is -0.448. The molecule has 1 heterocycles. The molecule has 0 bridgehead atoms. The lowest BCUT2D eigenvalue weighted by Crippen LogP contribution is -2.26. The minimum Gasteiger partial charge on any atom is -0.461 e. The minimum atomic E-state index is -0.329. The van der Waals surface area contributed by atoms with Gasteiger partial charge in [0.25, 0.3) is 5.91 Å². The normalized spacial score (nSPS) is 14.8. The van der Waals surface area contributed by atoms with E-state index in [1.165, 1.54) is 13.4 Å².